The van der Waals surface area contributed by atoms with Crippen molar-refractivity contribution in [1.29, 1.82) is 5.26 Å². The van der Waals surface area contributed by atoms with E-state index in [2.05, 4.69) is 10.3 Å². The number of nitrogens with zero attached hydrogens (tertiary/aromatic N) is 2. The average molecular weight is 302 g/mol. The average Bonchev–Trinajstić information content (AvgIpc) is 2.39. The number of pyridine rings is 1. The van der Waals surface area contributed by atoms with Gasteiger partial charge in [0.15, 0.2) is 14.9 Å². The zero-order valence-electron chi connectivity index (χ0n) is 10.4. The van der Waals surface area contributed by atoms with E-state index in [9.17, 15) is 8.42 Å². The van der Waals surface area contributed by atoms with Crippen LogP contribution >= 0.6 is 12.4 Å². The van der Waals surface area contributed by atoms with Crippen LogP contribution in [0.2, 0.25) is 0 Å². The van der Waals surface area contributed by atoms with Crippen LogP contribution in [0, 0.1) is 11.3 Å². The van der Waals surface area contributed by atoms with E-state index in [1.54, 1.807) is 6.07 Å². The number of hydrogen-bond acceptors (Lipinski definition) is 5. The molecule has 1 unspecified atom stereocenters. The molecule has 0 aromatic carbocycles. The van der Waals surface area contributed by atoms with E-state index in [0.717, 1.165) is 25.8 Å². The van der Waals surface area contributed by atoms with Crippen molar-refractivity contribution in [3.8, 4) is 6.07 Å². The molecule has 2 rings (SSSR count). The number of hydrogen-bond donors (Lipinski definition) is 1. The fraction of sp³-hybridized carbons (Fsp3) is 0.500. The zero-order chi connectivity index (χ0) is 13.0. The van der Waals surface area contributed by atoms with Gasteiger partial charge in [-0.25, -0.2) is 13.4 Å². The molecule has 0 aliphatic carbocycles. The van der Waals surface area contributed by atoms with Crippen molar-refractivity contribution >= 4 is 22.2 Å². The lowest BCUT2D eigenvalue weighted by Crippen LogP contribution is -2.39. The third-order valence-corrected chi connectivity index (χ3v) is 4.77. The van der Waals surface area contributed by atoms with Crippen LogP contribution in [-0.2, 0) is 9.84 Å². The maximum atomic E-state index is 12.2. The molecule has 0 spiro atoms. The molecule has 1 saturated heterocycles. The largest absolute Gasteiger partial charge is 0.313 e. The fourth-order valence-corrected chi connectivity index (χ4v) is 3.78. The van der Waals surface area contributed by atoms with E-state index in [-0.39, 0.29) is 34.8 Å². The Kier molecular flexibility index (Phi) is 5.73. The number of piperidine rings is 1. The van der Waals surface area contributed by atoms with Crippen molar-refractivity contribution in [3.05, 3.63) is 23.9 Å². The third kappa shape index (κ3) is 3.90. The minimum absolute atomic E-state index is 0. The highest BCUT2D eigenvalue weighted by molar-refractivity contribution is 7.91. The quantitative estimate of drug-likeness (QED) is 0.909. The molecule has 2 heterocycles. The summed E-state index contributed by atoms with van der Waals surface area (Å²) in [6.07, 6.45) is 4.39. The first-order valence-corrected chi connectivity index (χ1v) is 7.60. The van der Waals surface area contributed by atoms with Gasteiger partial charge in [0.1, 0.15) is 6.07 Å². The molecular weight excluding hydrogens is 286 g/mol. The van der Waals surface area contributed by atoms with E-state index >= 15 is 0 Å². The van der Waals surface area contributed by atoms with Gasteiger partial charge in [0, 0.05) is 12.2 Å². The van der Waals surface area contributed by atoms with Crippen LogP contribution in [0.1, 0.15) is 24.8 Å². The molecule has 1 aliphatic heterocycles. The number of halogens is 1. The second kappa shape index (κ2) is 6.85. The standard InChI is InChI=1S/C12H15N3O2S.ClH/c13-8-10-4-3-7-15-12(10)18(16,17)9-11-5-1-2-6-14-11;/h3-4,7,11,14H,1-2,5-6,9H2;1H. The minimum atomic E-state index is -3.50. The topological polar surface area (TPSA) is 82.8 Å². The van der Waals surface area contributed by atoms with Crippen LogP contribution in [0.4, 0.5) is 0 Å². The number of rotatable bonds is 3. The molecule has 0 bridgehead atoms. The summed E-state index contributed by atoms with van der Waals surface area (Å²) in [4.78, 5) is 3.85. The molecule has 7 heteroatoms. The van der Waals surface area contributed by atoms with E-state index in [4.69, 9.17) is 5.26 Å². The van der Waals surface area contributed by atoms with Crippen molar-refractivity contribution in [2.75, 3.05) is 12.3 Å². The van der Waals surface area contributed by atoms with E-state index in [1.807, 2.05) is 6.07 Å². The molecule has 1 aromatic heterocycles. The molecule has 0 amide bonds. The fourth-order valence-electron chi connectivity index (χ4n) is 2.13. The lowest BCUT2D eigenvalue weighted by Gasteiger charge is -2.23. The lowest BCUT2D eigenvalue weighted by atomic mass is 10.1. The van der Waals surface area contributed by atoms with Gasteiger partial charge in [-0.15, -0.1) is 12.4 Å². The van der Waals surface area contributed by atoms with Crippen molar-refractivity contribution in [2.45, 2.75) is 30.3 Å². The molecule has 1 aliphatic rings. The maximum Gasteiger partial charge on any atom is 0.198 e. The molecule has 5 nitrogen and oxygen atoms in total. The van der Waals surface area contributed by atoms with Crippen LogP contribution < -0.4 is 5.32 Å². The van der Waals surface area contributed by atoms with Gasteiger partial charge in [-0.3, -0.25) is 0 Å². The van der Waals surface area contributed by atoms with E-state index in [0.29, 0.717) is 0 Å². The Balaban J connectivity index is 0.00000180. The Morgan fingerprint density at radius 2 is 2.26 bits per heavy atom. The Morgan fingerprint density at radius 1 is 1.47 bits per heavy atom. The minimum Gasteiger partial charge on any atom is -0.313 e. The smallest absolute Gasteiger partial charge is 0.198 e. The van der Waals surface area contributed by atoms with Gasteiger partial charge in [0.2, 0.25) is 0 Å². The predicted molar refractivity (Wildman–Crippen MR) is 73.9 cm³/mol. The molecular formula is C12H16ClN3O2S. The summed E-state index contributed by atoms with van der Waals surface area (Å²) in [5, 5.41) is 12.0. The molecule has 1 aromatic rings. The maximum absolute atomic E-state index is 12.2. The summed E-state index contributed by atoms with van der Waals surface area (Å²) in [5.74, 6) is 0.0126. The van der Waals surface area contributed by atoms with Crippen LogP contribution in [0.3, 0.4) is 0 Å². The Labute approximate surface area is 119 Å². The van der Waals surface area contributed by atoms with Gasteiger partial charge >= 0.3 is 0 Å². The summed E-state index contributed by atoms with van der Waals surface area (Å²) in [6.45, 7) is 0.855. The summed E-state index contributed by atoms with van der Waals surface area (Å²) in [7, 11) is -3.50. The summed E-state index contributed by atoms with van der Waals surface area (Å²) >= 11 is 0. The molecule has 1 N–H and O–H groups in total. The monoisotopic (exact) mass is 301 g/mol. The summed E-state index contributed by atoms with van der Waals surface area (Å²) in [5.41, 5.74) is 0.119. The normalized spacial score (nSPS) is 19.2. The highest BCUT2D eigenvalue weighted by Gasteiger charge is 2.25. The van der Waals surface area contributed by atoms with E-state index in [1.165, 1.54) is 12.3 Å². The summed E-state index contributed by atoms with van der Waals surface area (Å²) in [6, 6.07) is 4.89. The van der Waals surface area contributed by atoms with Crippen LogP contribution in [0.15, 0.2) is 23.4 Å². The molecule has 0 radical (unpaired) electrons. The Hall–Kier alpha value is -1.16. The number of aromatic nitrogens is 1. The first kappa shape index (κ1) is 15.9. The first-order chi connectivity index (χ1) is 8.63. The van der Waals surface area contributed by atoms with Gasteiger partial charge in [0.05, 0.1) is 11.3 Å². The second-order valence-corrected chi connectivity index (χ2v) is 6.35. The Bertz CT molecular complexity index is 563. The highest BCUT2D eigenvalue weighted by Crippen LogP contribution is 2.17. The highest BCUT2D eigenvalue weighted by atomic mass is 35.5. The molecule has 104 valence electrons. The third-order valence-electron chi connectivity index (χ3n) is 3.02. The van der Waals surface area contributed by atoms with Crippen molar-refractivity contribution in [1.82, 2.24) is 10.3 Å². The first-order valence-electron chi connectivity index (χ1n) is 5.95. The number of nitriles is 1. The molecule has 0 saturated carbocycles. The van der Waals surface area contributed by atoms with Crippen LogP contribution in [0.5, 0.6) is 0 Å². The molecule has 1 atom stereocenters. The predicted octanol–water partition coefficient (Wildman–Crippen LogP) is 1.29. The van der Waals surface area contributed by atoms with E-state index < -0.39 is 9.84 Å². The molecule has 1 fully saturated rings. The Morgan fingerprint density at radius 3 is 2.89 bits per heavy atom. The van der Waals surface area contributed by atoms with Crippen molar-refractivity contribution < 1.29 is 8.42 Å². The molecule has 19 heavy (non-hydrogen) atoms. The van der Waals surface area contributed by atoms with Gasteiger partial charge in [-0.1, -0.05) is 6.42 Å². The second-order valence-electron chi connectivity index (χ2n) is 4.40. The van der Waals surface area contributed by atoms with Gasteiger partial charge in [0.25, 0.3) is 0 Å². The van der Waals surface area contributed by atoms with Crippen LogP contribution in [0.25, 0.3) is 0 Å². The lowest BCUT2D eigenvalue weighted by molar-refractivity contribution is 0.423. The van der Waals surface area contributed by atoms with Gasteiger partial charge in [-0.2, -0.15) is 5.26 Å². The van der Waals surface area contributed by atoms with Gasteiger partial charge < -0.3 is 5.32 Å². The van der Waals surface area contributed by atoms with Crippen molar-refractivity contribution in [3.63, 3.8) is 0 Å². The van der Waals surface area contributed by atoms with Crippen molar-refractivity contribution in [2.24, 2.45) is 0 Å². The van der Waals surface area contributed by atoms with Crippen LogP contribution in [-0.4, -0.2) is 31.7 Å². The van der Waals surface area contributed by atoms with Gasteiger partial charge in [-0.05, 0) is 31.5 Å². The zero-order valence-corrected chi connectivity index (χ0v) is 12.0. The summed E-state index contributed by atoms with van der Waals surface area (Å²) < 4.78 is 24.5. The SMILES string of the molecule is Cl.N#Cc1cccnc1S(=O)(=O)CC1CCCCN1. The number of nitrogens with one attached hydrogen (secondary N) is 1. The number of sulfone groups is 1.